The lowest BCUT2D eigenvalue weighted by Crippen LogP contribution is -2.60. The van der Waals surface area contributed by atoms with Gasteiger partial charge in [-0.05, 0) is 95.1 Å². The van der Waals surface area contributed by atoms with Crippen LogP contribution in [0.5, 0.6) is 0 Å². The Balaban J connectivity index is 0.920. The molecular formula is C44H68O13. The molecule has 0 aliphatic carbocycles. The third-order valence-corrected chi connectivity index (χ3v) is 14.0. The van der Waals surface area contributed by atoms with Crippen molar-refractivity contribution in [3.05, 3.63) is 36.0 Å². The first-order valence-electron chi connectivity index (χ1n) is 21.7. The Bertz CT molecular complexity index is 1510. The number of carboxylic acids is 1. The minimum atomic E-state index is -1.96. The Kier molecular flexibility index (Phi) is 12.9. The summed E-state index contributed by atoms with van der Waals surface area (Å²) in [6, 6.07) is 0. The second-order valence-corrected chi connectivity index (χ2v) is 18.9. The molecule has 0 aromatic carbocycles. The summed E-state index contributed by atoms with van der Waals surface area (Å²) in [4.78, 5) is 11.6. The first kappa shape index (κ1) is 43.3. The summed E-state index contributed by atoms with van der Waals surface area (Å²) < 4.78 is 45.2. The van der Waals surface area contributed by atoms with Crippen molar-refractivity contribution in [2.45, 2.75) is 209 Å². The molecule has 0 unspecified atom stereocenters. The molecule has 0 radical (unpaired) electrons. The van der Waals surface area contributed by atoms with E-state index in [4.69, 9.17) is 33.2 Å². The summed E-state index contributed by atoms with van der Waals surface area (Å²) in [5.41, 5.74) is -0.551. The second-order valence-electron chi connectivity index (χ2n) is 18.9. The van der Waals surface area contributed by atoms with Crippen molar-refractivity contribution >= 4 is 5.97 Å². The topological polar surface area (TPSA) is 183 Å². The molecule has 0 aromatic heterocycles. The Morgan fingerprint density at radius 2 is 1.75 bits per heavy atom. The summed E-state index contributed by atoms with van der Waals surface area (Å²) in [7, 11) is 0. The zero-order valence-corrected chi connectivity index (χ0v) is 34.6. The van der Waals surface area contributed by atoms with E-state index >= 15 is 0 Å². The van der Waals surface area contributed by atoms with E-state index in [0.717, 1.165) is 50.7 Å². The minimum Gasteiger partial charge on any atom is -0.479 e. The van der Waals surface area contributed by atoms with Crippen LogP contribution in [0.15, 0.2) is 36.0 Å². The molecule has 7 heterocycles. The molecule has 57 heavy (non-hydrogen) atoms. The van der Waals surface area contributed by atoms with Gasteiger partial charge in [-0.3, -0.25) is 0 Å². The van der Waals surface area contributed by atoms with E-state index in [1.54, 1.807) is 6.08 Å². The number of carbonyl (C=O) groups is 1. The van der Waals surface area contributed by atoms with Gasteiger partial charge in [0, 0.05) is 38.0 Å². The minimum absolute atomic E-state index is 0.0423. The number of hydrogen-bond acceptors (Lipinski definition) is 12. The number of carboxylic acid groups (broad SMARTS) is 1. The van der Waals surface area contributed by atoms with E-state index in [1.807, 2.05) is 19.9 Å². The van der Waals surface area contributed by atoms with Gasteiger partial charge < -0.3 is 58.7 Å². The molecule has 7 aliphatic heterocycles. The third-order valence-electron chi connectivity index (χ3n) is 14.0. The van der Waals surface area contributed by atoms with Crippen molar-refractivity contribution < 1.29 is 63.5 Å². The maximum atomic E-state index is 11.6. The summed E-state index contributed by atoms with van der Waals surface area (Å²) in [6.07, 6.45) is 9.37. The van der Waals surface area contributed by atoms with Crippen LogP contribution in [-0.4, -0.2) is 122 Å². The van der Waals surface area contributed by atoms with Gasteiger partial charge in [0.25, 0.3) is 0 Å². The van der Waals surface area contributed by atoms with Gasteiger partial charge in [-0.15, -0.1) is 0 Å². The molecule has 13 heteroatoms. The summed E-state index contributed by atoms with van der Waals surface area (Å²) in [5, 5.41) is 54.0. The van der Waals surface area contributed by atoms with E-state index in [1.165, 1.54) is 6.92 Å². The fraction of sp³-hybridized carbons (Fsp3) is 0.841. The summed E-state index contributed by atoms with van der Waals surface area (Å²) in [5.74, 6) is -3.82. The van der Waals surface area contributed by atoms with Gasteiger partial charge in [-0.2, -0.15) is 0 Å². The Morgan fingerprint density at radius 1 is 1.00 bits per heavy atom. The van der Waals surface area contributed by atoms with Gasteiger partial charge in [0.05, 0.1) is 43.2 Å². The maximum absolute atomic E-state index is 11.6. The molecule has 0 bridgehead atoms. The predicted octanol–water partition coefficient (Wildman–Crippen LogP) is 5.21. The fourth-order valence-corrected chi connectivity index (χ4v) is 10.5. The van der Waals surface area contributed by atoms with Crippen molar-refractivity contribution in [2.24, 2.45) is 17.8 Å². The van der Waals surface area contributed by atoms with Crippen molar-refractivity contribution in [2.75, 3.05) is 6.61 Å². The van der Waals surface area contributed by atoms with Crippen molar-refractivity contribution in [3.8, 4) is 0 Å². The van der Waals surface area contributed by atoms with Crippen molar-refractivity contribution in [3.63, 3.8) is 0 Å². The molecule has 3 spiro atoms. The van der Waals surface area contributed by atoms with Gasteiger partial charge in [-0.1, -0.05) is 45.1 Å². The molecule has 7 aliphatic rings. The van der Waals surface area contributed by atoms with Gasteiger partial charge in [0.15, 0.2) is 17.2 Å². The Morgan fingerprint density at radius 3 is 2.49 bits per heavy atom. The lowest BCUT2D eigenvalue weighted by Gasteiger charge is -2.50. The highest BCUT2D eigenvalue weighted by Gasteiger charge is 2.55. The van der Waals surface area contributed by atoms with Crippen molar-refractivity contribution in [1.29, 1.82) is 0 Å². The van der Waals surface area contributed by atoms with Crippen LogP contribution in [0, 0.1) is 17.8 Å². The summed E-state index contributed by atoms with van der Waals surface area (Å²) >= 11 is 0. The van der Waals surface area contributed by atoms with E-state index in [0.29, 0.717) is 56.4 Å². The number of aliphatic hydroxyl groups excluding tert-OH is 3. The molecule has 17 atom stereocenters. The van der Waals surface area contributed by atoms with Gasteiger partial charge in [-0.25, -0.2) is 4.79 Å². The smallest absolute Gasteiger partial charge is 0.335 e. The normalized spacial score (nSPS) is 45.4. The first-order chi connectivity index (χ1) is 26.9. The molecule has 0 saturated carbocycles. The zero-order chi connectivity index (χ0) is 40.9. The predicted molar refractivity (Wildman–Crippen MR) is 208 cm³/mol. The summed E-state index contributed by atoms with van der Waals surface area (Å²) in [6.45, 7) is 14.5. The molecule has 0 amide bonds. The SMILES string of the molecule is C=C1[C@@H](O)[C@H]2O[C@@]3(CC[C@H](/C=C/[C@@H](C)[C@H]4CC(C)=C[C@@]5(O[C@@H](C[C@@](C)(O)C(=O)O)CC[C@H]5O)O4)O3)CC[C@H]2O[C@H]1[C@@H](O)C[C@H](C)[C@H]1O[C@@]2(CCCCO2)CC[C@H]1C. The van der Waals surface area contributed by atoms with Crippen LogP contribution < -0.4 is 0 Å². The molecular weight excluding hydrogens is 736 g/mol. The van der Waals surface area contributed by atoms with Crippen LogP contribution in [-0.2, 0) is 38.0 Å². The number of ether oxygens (including phenoxy) is 7. The van der Waals surface area contributed by atoms with Crippen LogP contribution in [0.25, 0.3) is 0 Å². The van der Waals surface area contributed by atoms with E-state index in [9.17, 15) is 30.3 Å². The van der Waals surface area contributed by atoms with E-state index in [-0.39, 0.29) is 36.6 Å². The fourth-order valence-electron chi connectivity index (χ4n) is 10.5. The standard InChI is InChI=1S/C44H68O13/c1-25-21-34(55-44(23-25)35(46)12-11-31(54-44)24-41(6,50)40(48)49)26(2)9-10-30-14-18-43(53-30)19-15-33-39(57-43)36(47)29(5)38(52-33)32(45)22-28(4)37-27(3)13-17-42(56-37)16-7-8-20-51-42/h9-10,23,26-28,30-39,45-47,50H,5,7-8,11-22,24H2,1-4,6H3,(H,48,49)/b10-9+/t26-,27-,28+,30+,31-,32+,33-,34-,35-,36-,37+,38-,39+,41-,42+,43+,44-/m1/s1. The number of aliphatic hydroxyl groups is 4. The molecule has 5 N–H and O–H groups in total. The largest absolute Gasteiger partial charge is 0.479 e. The Labute approximate surface area is 337 Å². The highest BCUT2D eigenvalue weighted by Crippen LogP contribution is 2.47. The highest BCUT2D eigenvalue weighted by atomic mass is 16.7. The maximum Gasteiger partial charge on any atom is 0.335 e. The lowest BCUT2D eigenvalue weighted by molar-refractivity contribution is -0.321. The first-order valence-corrected chi connectivity index (χ1v) is 21.7. The van der Waals surface area contributed by atoms with Crippen LogP contribution >= 0.6 is 0 Å². The van der Waals surface area contributed by atoms with Crippen LogP contribution in [0.4, 0.5) is 0 Å². The van der Waals surface area contributed by atoms with E-state index in [2.05, 4.69) is 26.5 Å². The average molecular weight is 805 g/mol. The van der Waals surface area contributed by atoms with Gasteiger partial charge in [0.1, 0.15) is 24.4 Å². The number of aliphatic carboxylic acids is 1. The highest BCUT2D eigenvalue weighted by molar-refractivity contribution is 5.76. The van der Waals surface area contributed by atoms with Crippen molar-refractivity contribution in [1.82, 2.24) is 0 Å². The van der Waals surface area contributed by atoms with Crippen LogP contribution in [0.2, 0.25) is 0 Å². The van der Waals surface area contributed by atoms with Crippen LogP contribution in [0.3, 0.4) is 0 Å². The van der Waals surface area contributed by atoms with Crippen LogP contribution in [0.1, 0.15) is 125 Å². The lowest BCUT2D eigenvalue weighted by atomic mass is 9.79. The molecule has 322 valence electrons. The van der Waals surface area contributed by atoms with E-state index < -0.39 is 71.7 Å². The molecule has 0 aromatic rings. The zero-order valence-electron chi connectivity index (χ0n) is 34.6. The van der Waals surface area contributed by atoms with Gasteiger partial charge in [0.2, 0.25) is 5.79 Å². The quantitative estimate of drug-likeness (QED) is 0.182. The molecule has 6 saturated heterocycles. The number of rotatable bonds is 10. The third kappa shape index (κ3) is 9.15. The van der Waals surface area contributed by atoms with Gasteiger partial charge >= 0.3 is 5.97 Å². The second kappa shape index (κ2) is 17.0. The monoisotopic (exact) mass is 804 g/mol. The Hall–Kier alpha value is -1.75. The molecule has 6 fully saturated rings. The molecule has 7 rings (SSSR count). The number of fused-ring (bicyclic) bond motifs is 1. The number of hydrogen-bond donors (Lipinski definition) is 5. The average Bonchev–Trinajstić information content (AvgIpc) is 3.56. The molecule has 13 nitrogen and oxygen atoms in total.